The number of nitrogens with zero attached hydrogens (tertiary/aromatic N) is 2. The molecular weight excluding hydrogens is 462 g/mol. The molecule has 2 aliphatic rings. The number of H-pyrrole nitrogens is 1. The number of nitrogens with one attached hydrogen (secondary N) is 2. The Morgan fingerprint density at radius 3 is 2.31 bits per heavy atom. The molecule has 35 heavy (non-hydrogen) atoms. The highest BCUT2D eigenvalue weighted by Crippen LogP contribution is 2.48. The topological polar surface area (TPSA) is 131 Å². The summed E-state index contributed by atoms with van der Waals surface area (Å²) in [5, 5.41) is 2.95. The minimum atomic E-state index is -3.29. The monoisotopic (exact) mass is 499 g/mol. The molecule has 190 valence electrons. The fourth-order valence-electron chi connectivity index (χ4n) is 5.41. The summed E-state index contributed by atoms with van der Waals surface area (Å²) in [4.78, 5) is 24.7. The normalized spacial score (nSPS) is 22.9. The van der Waals surface area contributed by atoms with Gasteiger partial charge < -0.3 is 16.0 Å². The molecule has 8 nitrogen and oxygen atoms in total. The number of hydrogen-bond donors (Lipinski definition) is 3. The molecule has 9 heteroatoms. The van der Waals surface area contributed by atoms with E-state index < -0.39 is 19.3 Å². The minimum absolute atomic E-state index is 0.00229. The van der Waals surface area contributed by atoms with Crippen LogP contribution in [0.4, 0.5) is 11.5 Å². The molecule has 0 saturated carbocycles. The molecule has 1 amide bonds. The van der Waals surface area contributed by atoms with Crippen molar-refractivity contribution in [3.8, 4) is 0 Å². The van der Waals surface area contributed by atoms with E-state index in [4.69, 9.17) is 10.7 Å². The highest BCUT2D eigenvalue weighted by atomic mass is 32.2. The summed E-state index contributed by atoms with van der Waals surface area (Å²) in [5.74, 6) is 0.0635. The van der Waals surface area contributed by atoms with Crippen molar-refractivity contribution in [2.45, 2.75) is 89.1 Å². The van der Waals surface area contributed by atoms with Gasteiger partial charge in [0.05, 0.1) is 27.1 Å². The van der Waals surface area contributed by atoms with Gasteiger partial charge in [-0.25, -0.2) is 13.4 Å². The summed E-state index contributed by atoms with van der Waals surface area (Å²) in [7, 11) is -3.29. The summed E-state index contributed by atoms with van der Waals surface area (Å²) < 4.78 is 24.6. The number of pyridine rings is 1. The van der Waals surface area contributed by atoms with Crippen LogP contribution in [0.3, 0.4) is 0 Å². The Morgan fingerprint density at radius 1 is 1.11 bits per heavy atom. The predicted octanol–water partition coefficient (Wildman–Crippen LogP) is 5.08. The van der Waals surface area contributed by atoms with Crippen LogP contribution >= 0.6 is 0 Å². The molecule has 0 atom stereocenters. The fourth-order valence-corrected chi connectivity index (χ4v) is 7.74. The van der Waals surface area contributed by atoms with Crippen molar-refractivity contribution in [2.24, 2.45) is 5.41 Å². The number of anilines is 2. The first-order chi connectivity index (χ1) is 16.1. The second kappa shape index (κ2) is 8.47. The Bertz CT molecular complexity index is 1260. The molecule has 0 radical (unpaired) electrons. The maximum Gasteiger partial charge on any atom is 0.291 e. The van der Waals surface area contributed by atoms with E-state index in [1.54, 1.807) is 0 Å². The highest BCUT2D eigenvalue weighted by Gasteiger charge is 2.52. The van der Waals surface area contributed by atoms with Gasteiger partial charge in [-0.3, -0.25) is 9.78 Å². The van der Waals surface area contributed by atoms with Crippen molar-refractivity contribution in [3.05, 3.63) is 41.6 Å². The number of allylic oxidation sites excluding steroid dienone is 2. The molecule has 0 spiro atoms. The number of amides is 1. The first-order valence-corrected chi connectivity index (χ1v) is 13.7. The van der Waals surface area contributed by atoms with Crippen LogP contribution in [-0.2, 0) is 9.84 Å². The van der Waals surface area contributed by atoms with E-state index in [0.29, 0.717) is 24.3 Å². The molecule has 3 heterocycles. The number of carbonyl (C=O) groups is 1. The third kappa shape index (κ3) is 4.75. The van der Waals surface area contributed by atoms with Gasteiger partial charge in [-0.05, 0) is 82.9 Å². The largest absolute Gasteiger partial charge is 0.384 e. The quantitative estimate of drug-likeness (QED) is 0.537. The van der Waals surface area contributed by atoms with Gasteiger partial charge in [0.25, 0.3) is 5.91 Å². The third-order valence-corrected chi connectivity index (χ3v) is 10.8. The molecule has 2 aromatic rings. The smallest absolute Gasteiger partial charge is 0.291 e. The third-order valence-electron chi connectivity index (χ3n) is 7.60. The molecule has 2 aromatic heterocycles. The van der Waals surface area contributed by atoms with Crippen LogP contribution in [0.2, 0.25) is 0 Å². The lowest BCUT2D eigenvalue weighted by molar-refractivity contribution is 0.101. The van der Waals surface area contributed by atoms with Gasteiger partial charge in [0.2, 0.25) is 0 Å². The van der Waals surface area contributed by atoms with Gasteiger partial charge in [-0.15, -0.1) is 0 Å². The number of carbonyl (C=O) groups excluding carboxylic acids is 1. The van der Waals surface area contributed by atoms with E-state index >= 15 is 0 Å². The lowest BCUT2D eigenvalue weighted by Crippen LogP contribution is -2.51. The molecule has 0 unspecified atom stereocenters. The van der Waals surface area contributed by atoms with Gasteiger partial charge >= 0.3 is 0 Å². The van der Waals surface area contributed by atoms with E-state index in [-0.39, 0.29) is 23.1 Å². The molecule has 0 bridgehead atoms. The second-order valence-corrected chi connectivity index (χ2v) is 15.2. The number of nitrogen functional groups attached to an aromatic ring is 1. The zero-order valence-corrected chi connectivity index (χ0v) is 22.3. The number of imidazole rings is 1. The van der Waals surface area contributed by atoms with Crippen LogP contribution in [0.5, 0.6) is 0 Å². The fraction of sp³-hybridized carbons (Fsp3) is 0.577. The summed E-state index contributed by atoms with van der Waals surface area (Å²) >= 11 is 0. The van der Waals surface area contributed by atoms with Gasteiger partial charge in [-0.1, -0.05) is 19.9 Å². The van der Waals surface area contributed by atoms with Crippen molar-refractivity contribution in [2.75, 3.05) is 11.1 Å². The van der Waals surface area contributed by atoms with E-state index in [0.717, 1.165) is 36.2 Å². The Balaban J connectivity index is 1.73. The van der Waals surface area contributed by atoms with Crippen LogP contribution in [0.25, 0.3) is 5.57 Å². The zero-order valence-electron chi connectivity index (χ0n) is 21.5. The van der Waals surface area contributed by atoms with Crippen molar-refractivity contribution >= 4 is 32.8 Å². The van der Waals surface area contributed by atoms with Crippen molar-refractivity contribution in [1.82, 2.24) is 15.0 Å². The predicted molar refractivity (Wildman–Crippen MR) is 140 cm³/mol. The molecule has 1 fully saturated rings. The molecule has 0 aromatic carbocycles. The lowest BCUT2D eigenvalue weighted by atomic mass is 9.77. The maximum atomic E-state index is 13.1. The van der Waals surface area contributed by atoms with Crippen LogP contribution in [0.1, 0.15) is 102 Å². The minimum Gasteiger partial charge on any atom is -0.384 e. The first-order valence-electron chi connectivity index (χ1n) is 12.2. The average Bonchev–Trinajstić information content (AvgIpc) is 3.19. The van der Waals surface area contributed by atoms with E-state index in [1.807, 2.05) is 39.8 Å². The summed E-state index contributed by atoms with van der Waals surface area (Å²) in [6, 6.07) is 3.79. The SMILES string of the molecule is CC1(C)CC=C(c2nc(C3CC(C)(C)S(=O)(=O)C(C)(C)C3)ccc2NC(=O)c2ncc(N)[nH]2)CC1. The van der Waals surface area contributed by atoms with Crippen molar-refractivity contribution in [1.29, 1.82) is 0 Å². The summed E-state index contributed by atoms with van der Waals surface area (Å²) in [6.45, 7) is 11.7. The molecule has 1 saturated heterocycles. The highest BCUT2D eigenvalue weighted by molar-refractivity contribution is 7.94. The van der Waals surface area contributed by atoms with E-state index in [1.165, 1.54) is 6.20 Å². The zero-order chi connectivity index (χ0) is 25.8. The first kappa shape index (κ1) is 25.4. The summed E-state index contributed by atoms with van der Waals surface area (Å²) in [5.41, 5.74) is 9.23. The van der Waals surface area contributed by atoms with Gasteiger partial charge in [0, 0.05) is 11.6 Å². The van der Waals surface area contributed by atoms with Gasteiger partial charge in [0.1, 0.15) is 5.82 Å². The lowest BCUT2D eigenvalue weighted by Gasteiger charge is -2.44. The van der Waals surface area contributed by atoms with Crippen molar-refractivity contribution in [3.63, 3.8) is 0 Å². The Labute approximate surface area is 208 Å². The summed E-state index contributed by atoms with van der Waals surface area (Å²) in [6.07, 6.45) is 7.45. The average molecular weight is 500 g/mol. The number of rotatable bonds is 4. The van der Waals surface area contributed by atoms with Crippen LogP contribution < -0.4 is 11.1 Å². The number of hydrogen-bond acceptors (Lipinski definition) is 6. The second-order valence-electron chi connectivity index (χ2n) is 12.0. The van der Waals surface area contributed by atoms with Crippen LogP contribution in [0.15, 0.2) is 24.4 Å². The van der Waals surface area contributed by atoms with E-state index in [9.17, 15) is 13.2 Å². The van der Waals surface area contributed by atoms with Gasteiger partial charge in [-0.2, -0.15) is 0 Å². The number of aromatic amines is 1. The molecule has 4 rings (SSSR count). The maximum absolute atomic E-state index is 13.1. The van der Waals surface area contributed by atoms with Crippen LogP contribution in [0, 0.1) is 5.41 Å². The Morgan fingerprint density at radius 2 is 1.77 bits per heavy atom. The number of aromatic nitrogens is 3. The number of sulfone groups is 1. The van der Waals surface area contributed by atoms with Gasteiger partial charge in [0.15, 0.2) is 15.7 Å². The molecule has 1 aliphatic carbocycles. The standard InChI is InChI=1S/C26H37N5O3S/c1-24(2)11-9-16(10-12-24)21-19(30-23(32)22-28-15-20(27)31-22)8-7-18(29-21)17-13-25(3,4)35(33,34)26(5,6)14-17/h7-9,15,17H,10-14,27H2,1-6H3,(H,28,31)(H,30,32). The Kier molecular flexibility index (Phi) is 6.15. The molecule has 4 N–H and O–H groups in total. The van der Waals surface area contributed by atoms with Crippen LogP contribution in [-0.4, -0.2) is 38.8 Å². The van der Waals surface area contributed by atoms with E-state index in [2.05, 4.69) is 35.2 Å². The molecular formula is C26H37N5O3S. The molecule has 1 aliphatic heterocycles. The Hall–Kier alpha value is -2.68. The number of nitrogens with two attached hydrogens (primary N) is 1. The van der Waals surface area contributed by atoms with Crippen molar-refractivity contribution < 1.29 is 13.2 Å².